The summed E-state index contributed by atoms with van der Waals surface area (Å²) in [6.45, 7) is 7.80. The molecule has 110 valence electrons. The van der Waals surface area contributed by atoms with Gasteiger partial charge in [0, 0.05) is 23.0 Å². The van der Waals surface area contributed by atoms with Crippen molar-refractivity contribution in [3.8, 4) is 0 Å². The van der Waals surface area contributed by atoms with Crippen molar-refractivity contribution in [3.05, 3.63) is 34.9 Å². The Hall–Kier alpha value is -0.860. The van der Waals surface area contributed by atoms with E-state index >= 15 is 0 Å². The first-order valence-corrected chi connectivity index (χ1v) is 8.00. The van der Waals surface area contributed by atoms with E-state index < -0.39 is 0 Å². The first kappa shape index (κ1) is 15.5. The number of likely N-dealkylation sites (tertiary alicyclic amines) is 1. The first-order valence-electron chi connectivity index (χ1n) is 7.62. The lowest BCUT2D eigenvalue weighted by Gasteiger charge is -2.32. The van der Waals surface area contributed by atoms with Crippen molar-refractivity contribution in [3.63, 3.8) is 0 Å². The Morgan fingerprint density at radius 2 is 1.90 bits per heavy atom. The molecular formula is C17H24ClNO. The van der Waals surface area contributed by atoms with Crippen molar-refractivity contribution in [2.45, 2.75) is 33.1 Å². The third kappa shape index (κ3) is 4.07. The second-order valence-electron chi connectivity index (χ2n) is 5.96. The number of carbonyl (C=O) groups is 1. The minimum atomic E-state index is 0.185. The molecule has 0 amide bonds. The van der Waals surface area contributed by atoms with Gasteiger partial charge in [-0.1, -0.05) is 31.9 Å². The number of ketones is 1. The number of rotatable bonds is 5. The second kappa shape index (κ2) is 7.24. The van der Waals surface area contributed by atoms with E-state index in [0.717, 1.165) is 37.4 Å². The van der Waals surface area contributed by atoms with Gasteiger partial charge in [0.15, 0.2) is 5.78 Å². The maximum atomic E-state index is 12.4. The molecule has 0 N–H and O–H groups in total. The van der Waals surface area contributed by atoms with Crippen LogP contribution in [0.5, 0.6) is 0 Å². The Kier molecular flexibility index (Phi) is 5.62. The summed E-state index contributed by atoms with van der Waals surface area (Å²) < 4.78 is 0. The van der Waals surface area contributed by atoms with Crippen LogP contribution in [0.25, 0.3) is 0 Å². The van der Waals surface area contributed by atoms with Crippen LogP contribution < -0.4 is 0 Å². The molecule has 2 rings (SSSR count). The molecule has 0 radical (unpaired) electrons. The standard InChI is InChI=1S/C17H24ClNO/c1-3-13(2)12-19-10-8-15(9-11-19)17(20)14-4-6-16(18)7-5-14/h4-7,13,15H,3,8-12H2,1-2H3/t13-/m0/s1. The normalized spacial score (nSPS) is 18.9. The van der Waals surface area contributed by atoms with E-state index in [1.54, 1.807) is 12.1 Å². The van der Waals surface area contributed by atoms with Gasteiger partial charge < -0.3 is 4.90 Å². The molecule has 0 saturated carbocycles. The Morgan fingerprint density at radius 1 is 1.30 bits per heavy atom. The maximum absolute atomic E-state index is 12.4. The van der Waals surface area contributed by atoms with Gasteiger partial charge in [0.1, 0.15) is 0 Å². The van der Waals surface area contributed by atoms with E-state index in [9.17, 15) is 4.79 Å². The lowest BCUT2D eigenvalue weighted by molar-refractivity contribution is 0.0828. The topological polar surface area (TPSA) is 20.3 Å². The number of hydrogen-bond donors (Lipinski definition) is 0. The van der Waals surface area contributed by atoms with Crippen LogP contribution >= 0.6 is 11.6 Å². The van der Waals surface area contributed by atoms with Crippen molar-refractivity contribution in [1.82, 2.24) is 4.90 Å². The zero-order chi connectivity index (χ0) is 14.5. The lowest BCUT2D eigenvalue weighted by atomic mass is 9.88. The number of hydrogen-bond acceptors (Lipinski definition) is 2. The molecule has 0 bridgehead atoms. The molecule has 1 atom stereocenters. The molecule has 1 heterocycles. The molecule has 1 aliphatic heterocycles. The predicted molar refractivity (Wildman–Crippen MR) is 84.4 cm³/mol. The zero-order valence-electron chi connectivity index (χ0n) is 12.4. The molecule has 1 aliphatic rings. The van der Waals surface area contributed by atoms with Gasteiger partial charge in [-0.15, -0.1) is 0 Å². The summed E-state index contributed by atoms with van der Waals surface area (Å²) in [6.07, 6.45) is 3.19. The quantitative estimate of drug-likeness (QED) is 0.755. The number of Topliss-reactive ketones (excluding diaryl/α,β-unsaturated/α-hetero) is 1. The molecule has 20 heavy (non-hydrogen) atoms. The number of carbonyl (C=O) groups excluding carboxylic acids is 1. The molecule has 1 saturated heterocycles. The van der Waals surface area contributed by atoms with Crippen LogP contribution in [0.3, 0.4) is 0 Å². The Balaban J connectivity index is 1.87. The van der Waals surface area contributed by atoms with Gasteiger partial charge in [-0.3, -0.25) is 4.79 Å². The number of halogens is 1. The minimum absolute atomic E-state index is 0.185. The first-order chi connectivity index (χ1) is 9.60. The second-order valence-corrected chi connectivity index (χ2v) is 6.40. The van der Waals surface area contributed by atoms with Crippen LogP contribution in [0, 0.1) is 11.8 Å². The summed E-state index contributed by atoms with van der Waals surface area (Å²) in [4.78, 5) is 14.9. The lowest BCUT2D eigenvalue weighted by Crippen LogP contribution is -2.38. The van der Waals surface area contributed by atoms with Crippen LogP contribution in [0.4, 0.5) is 0 Å². The molecule has 0 aliphatic carbocycles. The fourth-order valence-corrected chi connectivity index (χ4v) is 2.92. The van der Waals surface area contributed by atoms with Gasteiger partial charge >= 0.3 is 0 Å². The average molecular weight is 294 g/mol. The fourth-order valence-electron chi connectivity index (χ4n) is 2.80. The van der Waals surface area contributed by atoms with Gasteiger partial charge in [-0.25, -0.2) is 0 Å². The molecule has 3 heteroatoms. The van der Waals surface area contributed by atoms with Crippen LogP contribution in [-0.4, -0.2) is 30.3 Å². The van der Waals surface area contributed by atoms with Crippen molar-refractivity contribution >= 4 is 17.4 Å². The monoisotopic (exact) mass is 293 g/mol. The van der Waals surface area contributed by atoms with E-state index in [0.29, 0.717) is 5.02 Å². The van der Waals surface area contributed by atoms with Gasteiger partial charge in [-0.2, -0.15) is 0 Å². The largest absolute Gasteiger partial charge is 0.303 e. The fraction of sp³-hybridized carbons (Fsp3) is 0.588. The number of benzene rings is 1. The Bertz CT molecular complexity index is 435. The Labute approximate surface area is 127 Å². The number of nitrogens with zero attached hydrogens (tertiary/aromatic N) is 1. The van der Waals surface area contributed by atoms with E-state index in [-0.39, 0.29) is 11.7 Å². The SMILES string of the molecule is CC[C@H](C)CN1CCC(C(=O)c2ccc(Cl)cc2)CC1. The van der Waals surface area contributed by atoms with Crippen molar-refractivity contribution in [1.29, 1.82) is 0 Å². The molecule has 1 fully saturated rings. The van der Waals surface area contributed by atoms with Crippen molar-refractivity contribution in [2.75, 3.05) is 19.6 Å². The third-order valence-corrected chi connectivity index (χ3v) is 4.61. The van der Waals surface area contributed by atoms with Crippen LogP contribution in [-0.2, 0) is 0 Å². The van der Waals surface area contributed by atoms with E-state index in [1.807, 2.05) is 12.1 Å². The molecule has 0 aromatic heterocycles. The highest BCUT2D eigenvalue weighted by Crippen LogP contribution is 2.23. The molecule has 0 unspecified atom stereocenters. The molecule has 0 spiro atoms. The highest BCUT2D eigenvalue weighted by molar-refractivity contribution is 6.30. The highest BCUT2D eigenvalue weighted by atomic mass is 35.5. The van der Waals surface area contributed by atoms with E-state index in [1.165, 1.54) is 13.0 Å². The molecule has 1 aromatic carbocycles. The summed E-state index contributed by atoms with van der Waals surface area (Å²) >= 11 is 5.87. The average Bonchev–Trinajstić information content (AvgIpc) is 2.48. The molecular weight excluding hydrogens is 270 g/mol. The zero-order valence-corrected chi connectivity index (χ0v) is 13.2. The summed E-state index contributed by atoms with van der Waals surface area (Å²) in [7, 11) is 0. The summed E-state index contributed by atoms with van der Waals surface area (Å²) in [5.74, 6) is 1.22. The van der Waals surface area contributed by atoms with Crippen molar-refractivity contribution < 1.29 is 4.79 Å². The highest BCUT2D eigenvalue weighted by Gasteiger charge is 2.26. The summed E-state index contributed by atoms with van der Waals surface area (Å²) in [5.41, 5.74) is 0.801. The van der Waals surface area contributed by atoms with E-state index in [2.05, 4.69) is 18.7 Å². The molecule has 1 aromatic rings. The predicted octanol–water partition coefficient (Wildman–Crippen LogP) is 4.28. The maximum Gasteiger partial charge on any atom is 0.166 e. The Morgan fingerprint density at radius 3 is 2.45 bits per heavy atom. The minimum Gasteiger partial charge on any atom is -0.303 e. The van der Waals surface area contributed by atoms with Crippen LogP contribution in [0.1, 0.15) is 43.5 Å². The van der Waals surface area contributed by atoms with Crippen LogP contribution in [0.2, 0.25) is 5.02 Å². The van der Waals surface area contributed by atoms with Gasteiger partial charge in [0.2, 0.25) is 0 Å². The summed E-state index contributed by atoms with van der Waals surface area (Å²) in [5, 5.41) is 0.685. The smallest absolute Gasteiger partial charge is 0.166 e. The molecule has 2 nitrogen and oxygen atoms in total. The van der Waals surface area contributed by atoms with Gasteiger partial charge in [-0.05, 0) is 56.1 Å². The van der Waals surface area contributed by atoms with Crippen molar-refractivity contribution in [2.24, 2.45) is 11.8 Å². The van der Waals surface area contributed by atoms with Gasteiger partial charge in [0.25, 0.3) is 0 Å². The third-order valence-electron chi connectivity index (χ3n) is 4.35. The van der Waals surface area contributed by atoms with E-state index in [4.69, 9.17) is 11.6 Å². The van der Waals surface area contributed by atoms with Crippen LogP contribution in [0.15, 0.2) is 24.3 Å². The summed E-state index contributed by atoms with van der Waals surface area (Å²) in [6, 6.07) is 7.28. The van der Waals surface area contributed by atoms with Gasteiger partial charge in [0.05, 0.1) is 0 Å². The number of piperidine rings is 1.